The van der Waals surface area contributed by atoms with Gasteiger partial charge in [0.15, 0.2) is 0 Å². The molecule has 0 aromatic heterocycles. The Kier molecular flexibility index (Phi) is 5.76. The maximum atomic E-state index is 12.4. The van der Waals surface area contributed by atoms with Crippen molar-refractivity contribution in [2.75, 3.05) is 19.6 Å². The Morgan fingerprint density at radius 3 is 2.65 bits per heavy atom. The molecule has 0 amide bonds. The Hall–Kier alpha value is -1.46. The van der Waals surface area contributed by atoms with Crippen LogP contribution >= 0.6 is 0 Å². The summed E-state index contributed by atoms with van der Waals surface area (Å²) in [4.78, 5) is 2.35. The third-order valence-corrected chi connectivity index (χ3v) is 5.33. The molecule has 126 valence electrons. The van der Waals surface area contributed by atoms with Crippen LogP contribution in [-0.2, 0) is 14.8 Å². The van der Waals surface area contributed by atoms with Crippen LogP contribution in [0.3, 0.4) is 0 Å². The molecule has 1 aromatic carbocycles. The molecule has 7 heteroatoms. The van der Waals surface area contributed by atoms with Crippen molar-refractivity contribution in [3.05, 3.63) is 29.8 Å². The minimum absolute atomic E-state index is 0.0673. The van der Waals surface area contributed by atoms with Crippen LogP contribution in [0.1, 0.15) is 26.3 Å². The molecule has 1 aromatic rings. The summed E-state index contributed by atoms with van der Waals surface area (Å²) < 4.78 is 33.0. The molecular formula is C16H23N3O3S. The molecule has 0 unspecified atom stereocenters. The maximum Gasteiger partial charge on any atom is 0.240 e. The number of sulfonamides is 1. The molecule has 0 radical (unpaired) electrons. The lowest BCUT2D eigenvalue weighted by molar-refractivity contribution is -0.0776. The van der Waals surface area contributed by atoms with Gasteiger partial charge in [-0.1, -0.05) is 6.07 Å². The number of nitrogens with one attached hydrogen (secondary N) is 1. The predicted octanol–water partition coefficient (Wildman–Crippen LogP) is 1.33. The van der Waals surface area contributed by atoms with E-state index in [4.69, 9.17) is 10.00 Å². The van der Waals surface area contributed by atoms with E-state index >= 15 is 0 Å². The lowest BCUT2D eigenvalue weighted by Gasteiger charge is -2.38. The summed E-state index contributed by atoms with van der Waals surface area (Å²) in [6.45, 7) is 7.94. The second-order valence-electron chi connectivity index (χ2n) is 6.05. The first-order valence-corrected chi connectivity index (χ1v) is 9.19. The highest BCUT2D eigenvalue weighted by molar-refractivity contribution is 7.89. The topological polar surface area (TPSA) is 82.4 Å². The third kappa shape index (κ3) is 4.75. The SMILES string of the molecule is C[C@@H]1CN([C@@H](C)CNS(=O)(=O)c2cccc(C#N)c2)C[C@H](C)O1. The number of ether oxygens (including phenoxy) is 1. The Morgan fingerprint density at radius 1 is 1.39 bits per heavy atom. The number of nitriles is 1. The number of benzene rings is 1. The molecule has 23 heavy (non-hydrogen) atoms. The summed E-state index contributed by atoms with van der Waals surface area (Å²) in [5.74, 6) is 0. The fraction of sp³-hybridized carbons (Fsp3) is 0.562. The van der Waals surface area contributed by atoms with Gasteiger partial charge in [-0.3, -0.25) is 4.90 Å². The largest absolute Gasteiger partial charge is 0.373 e. The summed E-state index contributed by atoms with van der Waals surface area (Å²) >= 11 is 0. The average molecular weight is 337 g/mol. The van der Waals surface area contributed by atoms with Crippen molar-refractivity contribution in [3.8, 4) is 6.07 Å². The number of morpholine rings is 1. The van der Waals surface area contributed by atoms with Crippen molar-refractivity contribution in [1.82, 2.24) is 9.62 Å². The predicted molar refractivity (Wildman–Crippen MR) is 87.4 cm³/mol. The van der Waals surface area contributed by atoms with Crippen LogP contribution in [0.2, 0.25) is 0 Å². The Bertz CT molecular complexity index is 674. The van der Waals surface area contributed by atoms with E-state index in [2.05, 4.69) is 9.62 Å². The highest BCUT2D eigenvalue weighted by atomic mass is 32.2. The molecular weight excluding hydrogens is 314 g/mol. The molecule has 1 N–H and O–H groups in total. The van der Waals surface area contributed by atoms with E-state index in [0.717, 1.165) is 13.1 Å². The van der Waals surface area contributed by atoms with Crippen LogP contribution in [0.15, 0.2) is 29.2 Å². The van der Waals surface area contributed by atoms with Gasteiger partial charge in [0.1, 0.15) is 0 Å². The van der Waals surface area contributed by atoms with Gasteiger partial charge >= 0.3 is 0 Å². The summed E-state index contributed by atoms with van der Waals surface area (Å²) in [5, 5.41) is 8.88. The van der Waals surface area contributed by atoms with Crippen LogP contribution in [-0.4, -0.2) is 51.2 Å². The molecule has 2 rings (SSSR count). The van der Waals surface area contributed by atoms with Crippen molar-refractivity contribution in [3.63, 3.8) is 0 Å². The first-order chi connectivity index (χ1) is 10.8. The van der Waals surface area contributed by atoms with Crippen LogP contribution in [0, 0.1) is 11.3 Å². The molecule has 1 heterocycles. The van der Waals surface area contributed by atoms with Crippen molar-refractivity contribution >= 4 is 10.0 Å². The fourth-order valence-electron chi connectivity index (χ4n) is 2.75. The van der Waals surface area contributed by atoms with Crippen molar-refractivity contribution in [2.45, 2.75) is 43.9 Å². The number of hydrogen-bond acceptors (Lipinski definition) is 5. The lowest BCUT2D eigenvalue weighted by atomic mass is 10.2. The van der Waals surface area contributed by atoms with Crippen LogP contribution in [0.4, 0.5) is 0 Å². The second-order valence-corrected chi connectivity index (χ2v) is 7.82. The first-order valence-electron chi connectivity index (χ1n) is 7.71. The molecule has 0 spiro atoms. The van der Waals surface area contributed by atoms with E-state index in [1.54, 1.807) is 12.1 Å². The quantitative estimate of drug-likeness (QED) is 0.876. The van der Waals surface area contributed by atoms with Crippen LogP contribution < -0.4 is 4.72 Å². The molecule has 0 saturated carbocycles. The smallest absolute Gasteiger partial charge is 0.240 e. The first kappa shape index (κ1) is 17.9. The molecule has 1 aliphatic heterocycles. The van der Waals surface area contributed by atoms with Gasteiger partial charge in [-0.05, 0) is 39.0 Å². The van der Waals surface area contributed by atoms with Gasteiger partial charge in [0, 0.05) is 25.7 Å². The third-order valence-electron chi connectivity index (χ3n) is 3.91. The van der Waals surface area contributed by atoms with Crippen LogP contribution in [0.5, 0.6) is 0 Å². The molecule has 0 bridgehead atoms. The van der Waals surface area contributed by atoms with E-state index in [1.807, 2.05) is 26.8 Å². The van der Waals surface area contributed by atoms with E-state index in [-0.39, 0.29) is 23.1 Å². The van der Waals surface area contributed by atoms with E-state index in [0.29, 0.717) is 12.1 Å². The van der Waals surface area contributed by atoms with Gasteiger partial charge in [-0.15, -0.1) is 0 Å². The second kappa shape index (κ2) is 7.41. The molecule has 1 aliphatic rings. The summed E-state index contributed by atoms with van der Waals surface area (Å²) in [5.41, 5.74) is 0.330. The van der Waals surface area contributed by atoms with Gasteiger partial charge in [0.25, 0.3) is 0 Å². The average Bonchev–Trinajstić information content (AvgIpc) is 2.51. The zero-order valence-corrected chi connectivity index (χ0v) is 14.5. The highest BCUT2D eigenvalue weighted by Crippen LogP contribution is 2.14. The molecule has 6 nitrogen and oxygen atoms in total. The summed E-state index contributed by atoms with van der Waals surface area (Å²) in [6, 6.07) is 8.05. The van der Waals surface area contributed by atoms with Gasteiger partial charge in [-0.2, -0.15) is 5.26 Å². The van der Waals surface area contributed by atoms with Crippen molar-refractivity contribution in [1.29, 1.82) is 5.26 Å². The van der Waals surface area contributed by atoms with Crippen LogP contribution in [0.25, 0.3) is 0 Å². The summed E-state index contributed by atoms with van der Waals surface area (Å²) in [6.07, 6.45) is 0.287. The van der Waals surface area contributed by atoms with E-state index < -0.39 is 10.0 Å². The maximum absolute atomic E-state index is 12.4. The monoisotopic (exact) mass is 337 g/mol. The lowest BCUT2D eigenvalue weighted by Crippen LogP contribution is -2.52. The van der Waals surface area contributed by atoms with Gasteiger partial charge in [0.05, 0.1) is 28.7 Å². The number of nitrogens with zero attached hydrogens (tertiary/aromatic N) is 2. The minimum atomic E-state index is -3.61. The molecule has 1 fully saturated rings. The van der Waals surface area contributed by atoms with Gasteiger partial charge in [0.2, 0.25) is 10.0 Å². The Morgan fingerprint density at radius 2 is 2.04 bits per heavy atom. The van der Waals surface area contributed by atoms with Crippen molar-refractivity contribution in [2.24, 2.45) is 0 Å². The van der Waals surface area contributed by atoms with E-state index in [1.165, 1.54) is 12.1 Å². The van der Waals surface area contributed by atoms with Gasteiger partial charge in [-0.25, -0.2) is 13.1 Å². The number of hydrogen-bond donors (Lipinski definition) is 1. The zero-order valence-electron chi connectivity index (χ0n) is 13.7. The molecule has 3 atom stereocenters. The van der Waals surface area contributed by atoms with Crippen molar-refractivity contribution < 1.29 is 13.2 Å². The van der Waals surface area contributed by atoms with E-state index in [9.17, 15) is 8.42 Å². The van der Waals surface area contributed by atoms with Gasteiger partial charge < -0.3 is 4.74 Å². The Balaban J connectivity index is 2.00. The zero-order chi connectivity index (χ0) is 17.0. The Labute approximate surface area is 138 Å². The highest BCUT2D eigenvalue weighted by Gasteiger charge is 2.26. The minimum Gasteiger partial charge on any atom is -0.373 e. The standard InChI is InChI=1S/C16H23N3O3S/c1-12(19-10-13(2)22-14(3)11-19)9-18-23(20,21)16-6-4-5-15(7-16)8-17/h4-7,12-14,18H,9-11H2,1-3H3/t12-,13-,14+/m0/s1. The fourth-order valence-corrected chi connectivity index (χ4v) is 3.92. The normalized spacial score (nSPS) is 24.1. The molecule has 1 saturated heterocycles. The molecule has 0 aliphatic carbocycles. The number of rotatable bonds is 5. The summed E-state index contributed by atoms with van der Waals surface area (Å²) in [7, 11) is -3.61.